The van der Waals surface area contributed by atoms with Crippen LogP contribution >= 0.6 is 11.3 Å². The number of carbonyl (C=O) groups excluding carboxylic acids is 1. The predicted octanol–water partition coefficient (Wildman–Crippen LogP) is 2.84. The second-order valence-electron chi connectivity index (χ2n) is 6.81. The molecule has 1 heterocycles. The standard InChI is InChI=1S/C16H24N2O4S/c1-16(2,3)22-15(21)18-8-13(10-4-5-10)17-7-12-6-11(9-23-12)14(19)20/h6,9-10,13,17H,4-5,7-8H2,1-3H3,(H,18,21)(H,19,20). The second kappa shape index (κ2) is 7.31. The molecule has 0 saturated heterocycles. The van der Waals surface area contributed by atoms with Crippen molar-refractivity contribution in [2.45, 2.75) is 51.8 Å². The quantitative estimate of drug-likeness (QED) is 0.710. The average molecular weight is 340 g/mol. The number of carboxylic acid groups (broad SMARTS) is 1. The van der Waals surface area contributed by atoms with Crippen LogP contribution in [0.4, 0.5) is 4.79 Å². The lowest BCUT2D eigenvalue weighted by Gasteiger charge is -2.22. The molecule has 128 valence electrons. The van der Waals surface area contributed by atoms with Gasteiger partial charge in [-0.15, -0.1) is 11.3 Å². The summed E-state index contributed by atoms with van der Waals surface area (Å²) in [6, 6.07) is 1.86. The van der Waals surface area contributed by atoms with Crippen molar-refractivity contribution in [3.8, 4) is 0 Å². The van der Waals surface area contributed by atoms with Gasteiger partial charge in [0.25, 0.3) is 0 Å². The Morgan fingerprint density at radius 3 is 2.65 bits per heavy atom. The number of amides is 1. The third-order valence-electron chi connectivity index (χ3n) is 3.50. The van der Waals surface area contributed by atoms with Crippen molar-refractivity contribution in [2.24, 2.45) is 5.92 Å². The van der Waals surface area contributed by atoms with Crippen LogP contribution in [-0.2, 0) is 11.3 Å². The Bertz CT molecular complexity index is 561. The van der Waals surface area contributed by atoms with E-state index in [4.69, 9.17) is 9.84 Å². The van der Waals surface area contributed by atoms with E-state index >= 15 is 0 Å². The van der Waals surface area contributed by atoms with Crippen molar-refractivity contribution >= 4 is 23.4 Å². The predicted molar refractivity (Wildman–Crippen MR) is 88.9 cm³/mol. The molecule has 0 bridgehead atoms. The zero-order valence-corrected chi connectivity index (χ0v) is 14.5. The Morgan fingerprint density at radius 1 is 1.43 bits per heavy atom. The van der Waals surface area contributed by atoms with Crippen molar-refractivity contribution < 1.29 is 19.4 Å². The highest BCUT2D eigenvalue weighted by atomic mass is 32.1. The first kappa shape index (κ1) is 17.7. The lowest BCUT2D eigenvalue weighted by atomic mass is 10.2. The van der Waals surface area contributed by atoms with Gasteiger partial charge in [0.15, 0.2) is 0 Å². The molecular formula is C16H24N2O4S. The van der Waals surface area contributed by atoms with Crippen molar-refractivity contribution in [1.82, 2.24) is 10.6 Å². The Morgan fingerprint density at radius 2 is 2.13 bits per heavy atom. The van der Waals surface area contributed by atoms with Crippen molar-refractivity contribution in [1.29, 1.82) is 0 Å². The molecule has 1 aromatic rings. The fourth-order valence-corrected chi connectivity index (χ4v) is 3.04. The first-order valence-electron chi connectivity index (χ1n) is 7.75. The Labute approximate surface area is 140 Å². The van der Waals surface area contributed by atoms with Gasteiger partial charge in [0.05, 0.1) is 5.56 Å². The summed E-state index contributed by atoms with van der Waals surface area (Å²) in [6.07, 6.45) is 1.89. The Balaban J connectivity index is 1.80. The van der Waals surface area contributed by atoms with Gasteiger partial charge in [0.2, 0.25) is 0 Å². The molecule has 0 radical (unpaired) electrons. The maximum absolute atomic E-state index is 11.7. The summed E-state index contributed by atoms with van der Waals surface area (Å²) in [5.74, 6) is -0.346. The highest BCUT2D eigenvalue weighted by molar-refractivity contribution is 7.10. The van der Waals surface area contributed by atoms with Crippen LogP contribution < -0.4 is 10.6 Å². The molecule has 0 aliphatic heterocycles. The molecular weight excluding hydrogens is 316 g/mol. The first-order valence-corrected chi connectivity index (χ1v) is 8.63. The number of hydrogen-bond donors (Lipinski definition) is 3. The molecule has 1 aromatic heterocycles. The van der Waals surface area contributed by atoms with E-state index in [1.807, 2.05) is 20.8 Å². The summed E-state index contributed by atoms with van der Waals surface area (Å²) in [5, 5.41) is 16.8. The van der Waals surface area contributed by atoms with Gasteiger partial charge in [-0.3, -0.25) is 0 Å². The number of rotatable bonds is 7. The van der Waals surface area contributed by atoms with Crippen LogP contribution in [0.5, 0.6) is 0 Å². The molecule has 23 heavy (non-hydrogen) atoms. The van der Waals surface area contributed by atoms with E-state index in [1.165, 1.54) is 11.3 Å². The number of aromatic carboxylic acids is 1. The van der Waals surface area contributed by atoms with Crippen LogP contribution in [0, 0.1) is 5.92 Å². The Hall–Kier alpha value is -1.60. The van der Waals surface area contributed by atoms with Crippen molar-refractivity contribution in [2.75, 3.05) is 6.54 Å². The summed E-state index contributed by atoms with van der Waals surface area (Å²) in [4.78, 5) is 23.6. The third-order valence-corrected chi connectivity index (χ3v) is 4.43. The number of thiophene rings is 1. The van der Waals surface area contributed by atoms with Gasteiger partial charge in [-0.05, 0) is 45.6 Å². The lowest BCUT2D eigenvalue weighted by Crippen LogP contribution is -2.43. The molecule has 1 aliphatic rings. The molecule has 1 aliphatic carbocycles. The van der Waals surface area contributed by atoms with Gasteiger partial charge < -0.3 is 20.5 Å². The first-order chi connectivity index (χ1) is 10.7. The lowest BCUT2D eigenvalue weighted by molar-refractivity contribution is 0.0520. The topological polar surface area (TPSA) is 87.7 Å². The summed E-state index contributed by atoms with van der Waals surface area (Å²) < 4.78 is 5.24. The normalized spacial score (nSPS) is 16.0. The fraction of sp³-hybridized carbons (Fsp3) is 0.625. The summed E-state index contributed by atoms with van der Waals surface area (Å²) in [5.41, 5.74) is -0.182. The van der Waals surface area contributed by atoms with E-state index in [1.54, 1.807) is 11.4 Å². The zero-order valence-electron chi connectivity index (χ0n) is 13.7. The van der Waals surface area contributed by atoms with Crippen molar-refractivity contribution in [3.05, 3.63) is 21.9 Å². The summed E-state index contributed by atoms with van der Waals surface area (Å²) in [6.45, 7) is 6.62. The maximum atomic E-state index is 11.7. The molecule has 7 heteroatoms. The number of ether oxygens (including phenoxy) is 1. The number of nitrogens with one attached hydrogen (secondary N) is 2. The zero-order chi connectivity index (χ0) is 17.0. The monoisotopic (exact) mass is 340 g/mol. The highest BCUT2D eigenvalue weighted by Gasteiger charge is 2.31. The highest BCUT2D eigenvalue weighted by Crippen LogP contribution is 2.32. The number of alkyl carbamates (subject to hydrolysis) is 1. The van der Waals surface area contributed by atoms with Crippen molar-refractivity contribution in [3.63, 3.8) is 0 Å². The van der Waals surface area contributed by atoms with Crippen LogP contribution in [0.1, 0.15) is 48.8 Å². The molecule has 1 amide bonds. The summed E-state index contributed by atoms with van der Waals surface area (Å²) in [7, 11) is 0. The van der Waals surface area contributed by atoms with E-state index in [9.17, 15) is 9.59 Å². The minimum absolute atomic E-state index is 0.179. The van der Waals surface area contributed by atoms with Gasteiger partial charge in [-0.2, -0.15) is 0 Å². The SMILES string of the molecule is CC(C)(C)OC(=O)NCC(NCc1cc(C(=O)O)cs1)C1CC1. The second-order valence-corrected chi connectivity index (χ2v) is 7.81. The molecule has 2 rings (SSSR count). The van der Waals surface area contributed by atoms with Gasteiger partial charge in [0.1, 0.15) is 5.60 Å². The molecule has 1 atom stereocenters. The van der Waals surface area contributed by atoms with Gasteiger partial charge >= 0.3 is 12.1 Å². The number of hydrogen-bond acceptors (Lipinski definition) is 5. The number of carboxylic acids is 1. The summed E-state index contributed by atoms with van der Waals surface area (Å²) >= 11 is 1.43. The molecule has 1 saturated carbocycles. The third kappa shape index (κ3) is 6.19. The van der Waals surface area contributed by atoms with Crippen LogP contribution in [-0.4, -0.2) is 35.4 Å². The van der Waals surface area contributed by atoms with E-state index < -0.39 is 17.7 Å². The molecule has 0 spiro atoms. The van der Waals surface area contributed by atoms with E-state index in [2.05, 4.69) is 10.6 Å². The molecule has 1 fully saturated rings. The largest absolute Gasteiger partial charge is 0.478 e. The Kier molecular flexibility index (Phi) is 5.64. The molecule has 0 aromatic carbocycles. The maximum Gasteiger partial charge on any atom is 0.407 e. The average Bonchev–Trinajstić information content (AvgIpc) is 3.14. The van der Waals surface area contributed by atoms with E-state index in [0.717, 1.165) is 17.7 Å². The minimum atomic E-state index is -0.905. The van der Waals surface area contributed by atoms with E-state index in [-0.39, 0.29) is 6.04 Å². The van der Waals surface area contributed by atoms with Gasteiger partial charge in [0, 0.05) is 29.4 Å². The van der Waals surface area contributed by atoms with Gasteiger partial charge in [-0.25, -0.2) is 9.59 Å². The van der Waals surface area contributed by atoms with Gasteiger partial charge in [-0.1, -0.05) is 0 Å². The van der Waals surface area contributed by atoms with Crippen LogP contribution in [0.15, 0.2) is 11.4 Å². The fourth-order valence-electron chi connectivity index (χ4n) is 2.23. The van der Waals surface area contributed by atoms with Crippen LogP contribution in [0.2, 0.25) is 0 Å². The molecule has 1 unspecified atom stereocenters. The van der Waals surface area contributed by atoms with Crippen LogP contribution in [0.25, 0.3) is 0 Å². The molecule has 6 nitrogen and oxygen atoms in total. The van der Waals surface area contributed by atoms with Crippen LogP contribution in [0.3, 0.4) is 0 Å². The number of carbonyl (C=O) groups is 2. The smallest absolute Gasteiger partial charge is 0.407 e. The minimum Gasteiger partial charge on any atom is -0.478 e. The molecule has 3 N–H and O–H groups in total. The van der Waals surface area contributed by atoms with E-state index in [0.29, 0.717) is 24.6 Å².